The third-order valence-corrected chi connectivity index (χ3v) is 4.93. The van der Waals surface area contributed by atoms with Crippen LogP contribution in [0.3, 0.4) is 0 Å². The fourth-order valence-corrected chi connectivity index (χ4v) is 3.77. The zero-order valence-corrected chi connectivity index (χ0v) is 16.9. The molecule has 1 nitrogen and oxygen atoms in total. The molecule has 0 spiro atoms. The van der Waals surface area contributed by atoms with E-state index in [0.29, 0.717) is 14.5 Å². The summed E-state index contributed by atoms with van der Waals surface area (Å²) in [5.41, 5.74) is 2.63. The van der Waals surface area contributed by atoms with Gasteiger partial charge < -0.3 is 0 Å². The Bertz CT molecular complexity index is 588. The van der Waals surface area contributed by atoms with Crippen LogP contribution in [-0.2, 0) is 21.0 Å². The summed E-state index contributed by atoms with van der Waals surface area (Å²) in [4.78, 5) is 10.8. The summed E-state index contributed by atoms with van der Waals surface area (Å²) in [6.45, 7) is 19.4. The molecule has 0 aromatic heterocycles. The lowest BCUT2D eigenvalue weighted by atomic mass is 9.75. The summed E-state index contributed by atoms with van der Waals surface area (Å²) in [7, 11) is 0.368. The van der Waals surface area contributed by atoms with Crippen LogP contribution >= 0.6 is 8.20 Å². The maximum absolute atomic E-state index is 13.8. The zero-order valence-electron chi connectivity index (χ0n) is 16.0. The summed E-state index contributed by atoms with van der Waals surface area (Å²) in [5, 5.41) is 0.933. The highest BCUT2D eigenvalue weighted by atomic mass is 31.1. The predicted octanol–water partition coefficient (Wildman–Crippen LogP) is 5.45. The normalized spacial score (nSPS) is 14.1. The fraction of sp³-hybridized carbons (Fsp3) is 0.600. The molecule has 0 bridgehead atoms. The second-order valence-electron chi connectivity index (χ2n) is 9.22. The molecule has 0 saturated carbocycles. The summed E-state index contributed by atoms with van der Waals surface area (Å²) in [5.74, 6) is 0. The van der Waals surface area contributed by atoms with Crippen LogP contribution in [0.4, 0.5) is 4.39 Å². The highest BCUT2D eigenvalue weighted by molar-refractivity contribution is 7.50. The Hall–Kier alpha value is -1.01. The van der Waals surface area contributed by atoms with Crippen LogP contribution in [-0.4, -0.2) is 11.8 Å². The van der Waals surface area contributed by atoms with E-state index in [-0.39, 0.29) is 16.2 Å². The minimum absolute atomic E-state index is 0.0162. The fourth-order valence-electron chi connectivity index (χ4n) is 2.46. The summed E-state index contributed by atoms with van der Waals surface area (Å²) >= 11 is 0. The Morgan fingerprint density at radius 3 is 1.52 bits per heavy atom. The smallest absolute Gasteiger partial charge is 0.189 e. The van der Waals surface area contributed by atoms with Gasteiger partial charge in [0, 0.05) is 5.30 Å². The van der Waals surface area contributed by atoms with Crippen molar-refractivity contribution in [2.45, 2.75) is 78.6 Å². The Morgan fingerprint density at radius 1 is 0.870 bits per heavy atom. The number of rotatable bonds is 2. The lowest BCUT2D eigenvalue weighted by molar-refractivity contribution is -0.103. The largest absolute Gasteiger partial charge is 0.295 e. The van der Waals surface area contributed by atoms with Gasteiger partial charge in [-0.25, -0.2) is 0 Å². The van der Waals surface area contributed by atoms with E-state index in [1.54, 1.807) is 0 Å². The molecule has 0 atom stereocenters. The second-order valence-corrected chi connectivity index (χ2v) is 10.3. The van der Waals surface area contributed by atoms with Gasteiger partial charge in [-0.05, 0) is 41.1 Å². The van der Waals surface area contributed by atoms with Crippen molar-refractivity contribution in [3.8, 4) is 0 Å². The molecule has 1 rings (SSSR count). The molecule has 3 heteroatoms. The molecule has 0 fully saturated rings. The van der Waals surface area contributed by atoms with Gasteiger partial charge >= 0.3 is 0 Å². The Labute approximate surface area is 142 Å². The first-order valence-corrected chi connectivity index (χ1v) is 8.96. The topological polar surface area (TPSA) is 17.1 Å². The Balaban J connectivity index is 3.94. The quantitative estimate of drug-likeness (QED) is 0.518. The standard InChI is InChI=1S/C20H30FOP/c1-18(2,3)13-10-14(19(4,5)6)17(23-16(21)12-22)15(11-13)20(7,8)9/h10-12H,1-9H3. The van der Waals surface area contributed by atoms with E-state index < -0.39 is 5.55 Å². The zero-order chi connectivity index (χ0) is 18.2. The van der Waals surface area contributed by atoms with Crippen LogP contribution in [0.25, 0.3) is 0 Å². The number of benzene rings is 1. The molecule has 0 N–H and O–H groups in total. The van der Waals surface area contributed by atoms with Crippen LogP contribution in [0.1, 0.15) is 79.0 Å². The highest BCUT2D eigenvalue weighted by Crippen LogP contribution is 2.35. The maximum atomic E-state index is 13.8. The number of hydrogen-bond acceptors (Lipinski definition) is 1. The Morgan fingerprint density at radius 2 is 1.26 bits per heavy atom. The molecule has 0 heterocycles. The summed E-state index contributed by atoms with van der Waals surface area (Å²) in [6.07, 6.45) is 0.318. The number of aldehydes is 1. The first kappa shape index (κ1) is 20.0. The van der Waals surface area contributed by atoms with Gasteiger partial charge in [0.05, 0.1) is 0 Å². The molecule has 0 aliphatic rings. The molecule has 0 amide bonds. The molecular weight excluding hydrogens is 306 g/mol. The monoisotopic (exact) mass is 336 g/mol. The minimum atomic E-state index is -0.635. The first-order chi connectivity index (χ1) is 10.2. The van der Waals surface area contributed by atoms with Gasteiger partial charge in [0.25, 0.3) is 0 Å². The average molecular weight is 336 g/mol. The van der Waals surface area contributed by atoms with Crippen LogP contribution in [0, 0.1) is 0 Å². The third kappa shape index (κ3) is 4.98. The average Bonchev–Trinajstić information content (AvgIpc) is 2.34. The predicted molar refractivity (Wildman–Crippen MR) is 101 cm³/mol. The number of carbonyl (C=O) groups is 1. The lowest BCUT2D eigenvalue weighted by Gasteiger charge is -2.32. The maximum Gasteiger partial charge on any atom is 0.189 e. The molecular formula is C20H30FOP. The molecule has 0 saturated heterocycles. The van der Waals surface area contributed by atoms with Crippen molar-refractivity contribution in [1.82, 2.24) is 0 Å². The van der Waals surface area contributed by atoms with Gasteiger partial charge in [-0.3, -0.25) is 4.79 Å². The van der Waals surface area contributed by atoms with E-state index in [1.165, 1.54) is 5.56 Å². The van der Waals surface area contributed by atoms with E-state index in [2.05, 4.69) is 74.4 Å². The summed E-state index contributed by atoms with van der Waals surface area (Å²) < 4.78 is 13.8. The van der Waals surface area contributed by atoms with Gasteiger partial charge in [0.1, 0.15) is 0 Å². The molecule has 0 aliphatic heterocycles. The van der Waals surface area contributed by atoms with Gasteiger partial charge in [-0.15, -0.1) is 0 Å². The lowest BCUT2D eigenvalue weighted by Crippen LogP contribution is -2.30. The van der Waals surface area contributed by atoms with Crippen molar-refractivity contribution >= 4 is 25.3 Å². The van der Waals surface area contributed by atoms with E-state index in [0.717, 1.165) is 16.4 Å². The molecule has 0 radical (unpaired) electrons. The van der Waals surface area contributed by atoms with Crippen LogP contribution in [0.2, 0.25) is 0 Å². The number of carbonyl (C=O) groups excluding carboxylic acids is 1. The molecule has 1 aromatic carbocycles. The van der Waals surface area contributed by atoms with E-state index in [1.807, 2.05) is 0 Å². The number of hydrogen-bond donors (Lipinski definition) is 0. The first-order valence-electron chi connectivity index (χ1n) is 8.07. The van der Waals surface area contributed by atoms with E-state index in [9.17, 15) is 9.18 Å². The van der Waals surface area contributed by atoms with Gasteiger partial charge in [0.2, 0.25) is 0 Å². The Kier molecular flexibility index (Phi) is 5.64. The number of halogens is 1. The molecule has 0 unspecified atom stereocenters. The van der Waals surface area contributed by atoms with Crippen molar-refractivity contribution in [3.05, 3.63) is 28.8 Å². The SMILES string of the molecule is CC(C)(C)c1cc(C(C)(C)C)c(P=C(F)C=O)c(C(C)(C)C)c1. The molecule has 128 valence electrons. The molecule has 0 aliphatic carbocycles. The third-order valence-electron chi connectivity index (χ3n) is 3.91. The van der Waals surface area contributed by atoms with E-state index in [4.69, 9.17) is 0 Å². The van der Waals surface area contributed by atoms with Crippen LogP contribution in [0.5, 0.6) is 0 Å². The van der Waals surface area contributed by atoms with E-state index >= 15 is 0 Å². The van der Waals surface area contributed by atoms with Crippen molar-refractivity contribution < 1.29 is 9.18 Å². The van der Waals surface area contributed by atoms with Crippen molar-refractivity contribution in [2.24, 2.45) is 0 Å². The van der Waals surface area contributed by atoms with Crippen LogP contribution < -0.4 is 5.30 Å². The summed E-state index contributed by atoms with van der Waals surface area (Å²) in [6, 6.07) is 4.38. The van der Waals surface area contributed by atoms with Crippen molar-refractivity contribution in [3.63, 3.8) is 0 Å². The van der Waals surface area contributed by atoms with Crippen LogP contribution in [0.15, 0.2) is 12.1 Å². The van der Waals surface area contributed by atoms with Crippen molar-refractivity contribution in [2.75, 3.05) is 0 Å². The highest BCUT2D eigenvalue weighted by Gasteiger charge is 2.28. The second kappa shape index (κ2) is 6.48. The van der Waals surface area contributed by atoms with Crippen molar-refractivity contribution in [1.29, 1.82) is 0 Å². The molecule has 23 heavy (non-hydrogen) atoms. The van der Waals surface area contributed by atoms with Gasteiger partial charge in [0.15, 0.2) is 11.8 Å². The molecule has 1 aromatic rings. The minimum Gasteiger partial charge on any atom is -0.295 e. The van der Waals surface area contributed by atoms with Gasteiger partial charge in [-0.1, -0.05) is 74.4 Å². The van der Waals surface area contributed by atoms with Gasteiger partial charge in [-0.2, -0.15) is 4.39 Å².